The first-order valence-electron chi connectivity index (χ1n) is 6.68. The molecule has 0 amide bonds. The van der Waals surface area contributed by atoms with Crippen LogP contribution < -0.4 is 5.73 Å². The van der Waals surface area contributed by atoms with Crippen LogP contribution in [0.2, 0.25) is 0 Å². The van der Waals surface area contributed by atoms with Crippen LogP contribution in [0, 0.1) is 0 Å². The molecule has 0 fully saturated rings. The van der Waals surface area contributed by atoms with Gasteiger partial charge in [-0.3, -0.25) is 4.79 Å². The molecule has 2 aromatic rings. The highest BCUT2D eigenvalue weighted by Crippen LogP contribution is 2.17. The summed E-state index contributed by atoms with van der Waals surface area (Å²) in [5.74, 6) is -0.440. The van der Waals surface area contributed by atoms with Gasteiger partial charge in [0, 0.05) is 18.9 Å². The molecule has 2 unspecified atom stereocenters. The Balaban J connectivity index is 1.91. The summed E-state index contributed by atoms with van der Waals surface area (Å²) >= 11 is 0. The van der Waals surface area contributed by atoms with Crippen LogP contribution in [0.25, 0.3) is 0 Å². The van der Waals surface area contributed by atoms with Gasteiger partial charge in [-0.25, -0.2) is 4.39 Å². The van der Waals surface area contributed by atoms with Gasteiger partial charge in [0.25, 0.3) is 0 Å². The average Bonchev–Trinajstić information content (AvgIpc) is 2.49. The van der Waals surface area contributed by atoms with E-state index in [0.29, 0.717) is 0 Å². The van der Waals surface area contributed by atoms with Crippen LogP contribution in [0.3, 0.4) is 0 Å². The molecule has 2 atom stereocenters. The summed E-state index contributed by atoms with van der Waals surface area (Å²) in [4.78, 5) is 11.9. The summed E-state index contributed by atoms with van der Waals surface area (Å²) in [5, 5.41) is 0. The normalized spacial score (nSPS) is 13.7. The third-order valence-corrected chi connectivity index (χ3v) is 3.26. The fraction of sp³-hybridized carbons (Fsp3) is 0.235. The van der Waals surface area contributed by atoms with E-state index in [9.17, 15) is 9.18 Å². The minimum atomic E-state index is -1.49. The van der Waals surface area contributed by atoms with Gasteiger partial charge in [-0.15, -0.1) is 0 Å². The molecular weight excluding hydrogens is 253 g/mol. The first-order chi connectivity index (χ1) is 9.66. The highest BCUT2D eigenvalue weighted by molar-refractivity contribution is 5.83. The summed E-state index contributed by atoms with van der Waals surface area (Å²) < 4.78 is 14.0. The maximum absolute atomic E-state index is 14.0. The van der Waals surface area contributed by atoms with Crippen molar-refractivity contribution in [1.29, 1.82) is 0 Å². The van der Waals surface area contributed by atoms with Gasteiger partial charge in [0.2, 0.25) is 0 Å². The first kappa shape index (κ1) is 14.4. The molecule has 0 bridgehead atoms. The Morgan fingerprint density at radius 2 is 1.55 bits per heavy atom. The van der Waals surface area contributed by atoms with Gasteiger partial charge in [0.1, 0.15) is 0 Å². The van der Waals surface area contributed by atoms with E-state index in [-0.39, 0.29) is 12.8 Å². The van der Waals surface area contributed by atoms with Crippen molar-refractivity contribution in [2.75, 3.05) is 0 Å². The smallest absolute Gasteiger partial charge is 0.169 e. The zero-order valence-corrected chi connectivity index (χ0v) is 11.2. The molecule has 0 radical (unpaired) electrons. The Bertz CT molecular complexity index is 541. The lowest BCUT2D eigenvalue weighted by Gasteiger charge is -2.13. The molecule has 2 nitrogen and oxygen atoms in total. The number of rotatable bonds is 6. The summed E-state index contributed by atoms with van der Waals surface area (Å²) in [6.45, 7) is 0. The van der Waals surface area contributed by atoms with Gasteiger partial charge in [0.05, 0.1) is 0 Å². The summed E-state index contributed by atoms with van der Waals surface area (Å²) in [6.07, 6.45) is -1.36. The topological polar surface area (TPSA) is 43.1 Å². The largest absolute Gasteiger partial charge is 0.324 e. The molecule has 104 valence electrons. The lowest BCUT2D eigenvalue weighted by atomic mass is 9.98. The average molecular weight is 271 g/mol. The number of hydrogen-bond donors (Lipinski definition) is 1. The standard InChI is InChI=1S/C17H18FNO/c18-15(11-13-7-3-1-4-8-13)17(20)12-16(19)14-9-5-2-6-10-14/h1-10,15-16H,11-12,19H2. The van der Waals surface area contributed by atoms with Gasteiger partial charge < -0.3 is 5.73 Å². The minimum Gasteiger partial charge on any atom is -0.324 e. The molecule has 0 aliphatic rings. The van der Waals surface area contributed by atoms with E-state index < -0.39 is 18.0 Å². The molecule has 20 heavy (non-hydrogen) atoms. The van der Waals surface area contributed by atoms with Crippen LogP contribution in [-0.4, -0.2) is 12.0 Å². The van der Waals surface area contributed by atoms with E-state index >= 15 is 0 Å². The molecule has 2 aromatic carbocycles. The second-order valence-corrected chi connectivity index (χ2v) is 4.84. The molecule has 0 saturated carbocycles. The Morgan fingerprint density at radius 1 is 1.00 bits per heavy atom. The molecular formula is C17H18FNO. The lowest BCUT2D eigenvalue weighted by molar-refractivity contribution is -0.124. The van der Waals surface area contributed by atoms with Gasteiger partial charge in [-0.2, -0.15) is 0 Å². The van der Waals surface area contributed by atoms with E-state index in [1.165, 1.54) is 0 Å². The highest BCUT2D eigenvalue weighted by atomic mass is 19.1. The molecule has 2 rings (SSSR count). The Labute approximate surface area is 118 Å². The van der Waals surface area contributed by atoms with Crippen LogP contribution >= 0.6 is 0 Å². The van der Waals surface area contributed by atoms with Crippen LogP contribution in [0.5, 0.6) is 0 Å². The number of halogens is 1. The SMILES string of the molecule is NC(CC(=O)C(F)Cc1ccccc1)c1ccccc1. The lowest BCUT2D eigenvalue weighted by Crippen LogP contribution is -2.24. The number of nitrogens with two attached hydrogens (primary N) is 1. The molecule has 0 aliphatic carbocycles. The number of carbonyl (C=O) groups excluding carboxylic acids is 1. The molecule has 3 heteroatoms. The van der Waals surface area contributed by atoms with Crippen molar-refractivity contribution in [3.05, 3.63) is 71.8 Å². The third kappa shape index (κ3) is 4.00. The van der Waals surface area contributed by atoms with E-state index in [2.05, 4.69) is 0 Å². The van der Waals surface area contributed by atoms with Gasteiger partial charge in [-0.05, 0) is 11.1 Å². The third-order valence-electron chi connectivity index (χ3n) is 3.26. The predicted octanol–water partition coefficient (Wildman–Crippen LogP) is 3.23. The summed E-state index contributed by atoms with van der Waals surface area (Å²) in [5.41, 5.74) is 7.61. The molecule has 0 aliphatic heterocycles. The second kappa shape index (κ2) is 6.96. The van der Waals surface area contributed by atoms with Crippen molar-refractivity contribution in [2.24, 2.45) is 5.73 Å². The zero-order valence-electron chi connectivity index (χ0n) is 11.2. The molecule has 0 heterocycles. The fourth-order valence-corrected chi connectivity index (χ4v) is 2.10. The minimum absolute atomic E-state index is 0.0258. The van der Waals surface area contributed by atoms with E-state index in [1.807, 2.05) is 60.7 Å². The number of alkyl halides is 1. The van der Waals surface area contributed by atoms with Crippen LogP contribution in [-0.2, 0) is 11.2 Å². The number of hydrogen-bond acceptors (Lipinski definition) is 2. The first-order valence-corrected chi connectivity index (χ1v) is 6.68. The van der Waals surface area contributed by atoms with Gasteiger partial charge >= 0.3 is 0 Å². The summed E-state index contributed by atoms with van der Waals surface area (Å²) in [6, 6.07) is 18.0. The monoisotopic (exact) mass is 271 g/mol. The fourth-order valence-electron chi connectivity index (χ4n) is 2.10. The van der Waals surface area contributed by atoms with Crippen molar-refractivity contribution >= 4 is 5.78 Å². The zero-order chi connectivity index (χ0) is 14.4. The van der Waals surface area contributed by atoms with Crippen molar-refractivity contribution in [3.63, 3.8) is 0 Å². The van der Waals surface area contributed by atoms with Crippen molar-refractivity contribution in [1.82, 2.24) is 0 Å². The number of ketones is 1. The van der Waals surface area contributed by atoms with E-state index in [1.54, 1.807) is 0 Å². The van der Waals surface area contributed by atoms with Gasteiger partial charge in [0.15, 0.2) is 12.0 Å². The number of benzene rings is 2. The van der Waals surface area contributed by atoms with E-state index in [0.717, 1.165) is 11.1 Å². The maximum atomic E-state index is 14.0. The number of Topliss-reactive ketones (excluding diaryl/α,β-unsaturated/α-hetero) is 1. The predicted molar refractivity (Wildman–Crippen MR) is 78.0 cm³/mol. The Morgan fingerprint density at radius 3 is 2.15 bits per heavy atom. The second-order valence-electron chi connectivity index (χ2n) is 4.84. The Kier molecular flexibility index (Phi) is 5.02. The van der Waals surface area contributed by atoms with E-state index in [4.69, 9.17) is 5.73 Å². The summed E-state index contributed by atoms with van der Waals surface area (Å²) in [7, 11) is 0. The molecule has 0 spiro atoms. The van der Waals surface area contributed by atoms with Crippen molar-refractivity contribution in [2.45, 2.75) is 25.1 Å². The van der Waals surface area contributed by atoms with Crippen LogP contribution in [0.4, 0.5) is 4.39 Å². The van der Waals surface area contributed by atoms with Gasteiger partial charge in [-0.1, -0.05) is 60.7 Å². The van der Waals surface area contributed by atoms with Crippen molar-refractivity contribution < 1.29 is 9.18 Å². The highest BCUT2D eigenvalue weighted by Gasteiger charge is 2.21. The van der Waals surface area contributed by atoms with Crippen LogP contribution in [0.1, 0.15) is 23.6 Å². The Hall–Kier alpha value is -2.00. The van der Waals surface area contributed by atoms with Crippen LogP contribution in [0.15, 0.2) is 60.7 Å². The maximum Gasteiger partial charge on any atom is 0.169 e. The molecule has 0 saturated heterocycles. The van der Waals surface area contributed by atoms with Crippen molar-refractivity contribution in [3.8, 4) is 0 Å². The number of carbonyl (C=O) groups is 1. The quantitative estimate of drug-likeness (QED) is 0.876. The molecule has 0 aromatic heterocycles. The molecule has 2 N–H and O–H groups in total.